The van der Waals surface area contributed by atoms with Crippen molar-refractivity contribution in [2.45, 2.75) is 107 Å². The summed E-state index contributed by atoms with van der Waals surface area (Å²) >= 11 is 2.22. The summed E-state index contributed by atoms with van der Waals surface area (Å²) in [4.78, 5) is 0. The summed E-state index contributed by atoms with van der Waals surface area (Å²) in [5.41, 5.74) is 0. The SMILES string of the molecule is CCCCCCCCCCCC[CH2][AlH2].C[CH2][Al][CH2]C.Cl. The van der Waals surface area contributed by atoms with Gasteiger partial charge in [-0.1, -0.05) is 91.4 Å². The van der Waals surface area contributed by atoms with Crippen molar-refractivity contribution >= 4 is 43.9 Å². The molecule has 0 aliphatic carbocycles. The topological polar surface area (TPSA) is 0 Å². The largest absolute Gasteiger partial charge is 0.211 e. The van der Waals surface area contributed by atoms with Gasteiger partial charge in [-0.25, -0.2) is 0 Å². The second kappa shape index (κ2) is 28.5. The molecule has 0 heterocycles. The molecule has 0 aromatic heterocycles. The van der Waals surface area contributed by atoms with Gasteiger partial charge in [0.2, 0.25) is 16.3 Å². The molecule has 0 unspecified atom stereocenters. The maximum absolute atomic E-state index is 2.29. The van der Waals surface area contributed by atoms with Gasteiger partial charge in [-0.2, -0.15) is 0 Å². The third kappa shape index (κ3) is 31.6. The molecule has 20 heavy (non-hydrogen) atoms. The Morgan fingerprint density at radius 1 is 0.600 bits per heavy atom. The van der Waals surface area contributed by atoms with Crippen molar-refractivity contribution in [1.82, 2.24) is 0 Å². The van der Waals surface area contributed by atoms with Crippen LogP contribution in [-0.2, 0) is 0 Å². The Morgan fingerprint density at radius 3 is 1.20 bits per heavy atom. The third-order valence-electron chi connectivity index (χ3n) is 3.53. The summed E-state index contributed by atoms with van der Waals surface area (Å²) in [6.07, 6.45) is 16.2. The normalized spacial score (nSPS) is 9.35. The molecule has 0 atom stereocenters. The highest BCUT2D eigenvalue weighted by Crippen LogP contribution is 2.11. The van der Waals surface area contributed by atoms with Gasteiger partial charge in [-0.3, -0.25) is 0 Å². The van der Waals surface area contributed by atoms with Crippen molar-refractivity contribution in [2.75, 3.05) is 0 Å². The summed E-state index contributed by atoms with van der Waals surface area (Å²) in [6.45, 7) is 6.79. The minimum atomic E-state index is 0. The molecule has 0 nitrogen and oxygen atoms in total. The minimum Gasteiger partial charge on any atom is -0.147 e. The van der Waals surface area contributed by atoms with Gasteiger partial charge in [-0.15, -0.1) is 28.3 Å². The highest BCUT2D eigenvalue weighted by Gasteiger charge is 1.91. The fourth-order valence-corrected chi connectivity index (χ4v) is 3.28. The van der Waals surface area contributed by atoms with E-state index in [1.807, 2.05) is 0 Å². The van der Waals surface area contributed by atoms with Gasteiger partial charge in [-0.05, 0) is 0 Å². The lowest BCUT2D eigenvalue weighted by molar-refractivity contribution is 0.554. The molecule has 0 saturated heterocycles. The number of hydrogen-bond acceptors (Lipinski definition) is 0. The molecule has 1 radical (unpaired) electrons. The van der Waals surface area contributed by atoms with Gasteiger partial charge in [0, 0.05) is 0 Å². The molecular formula is C17H40Al2Cl. The molecule has 121 valence electrons. The fourth-order valence-electron chi connectivity index (χ4n) is 2.20. The summed E-state index contributed by atoms with van der Waals surface area (Å²) in [5.74, 6) is 0. The third-order valence-corrected chi connectivity index (χ3v) is 5.40. The first kappa shape index (κ1) is 26.3. The summed E-state index contributed by atoms with van der Waals surface area (Å²) in [7, 11) is 0. The molecule has 0 spiro atoms. The zero-order chi connectivity index (χ0) is 14.6. The highest BCUT2D eigenvalue weighted by molar-refractivity contribution is 6.34. The molecule has 0 rings (SSSR count). The van der Waals surface area contributed by atoms with E-state index in [9.17, 15) is 0 Å². The molecule has 0 amide bonds. The molecule has 3 heteroatoms. The second-order valence-electron chi connectivity index (χ2n) is 5.64. The smallest absolute Gasteiger partial charge is 0.147 e. The maximum atomic E-state index is 2.29. The molecule has 0 saturated carbocycles. The van der Waals surface area contributed by atoms with Crippen LogP contribution in [0.25, 0.3) is 0 Å². The summed E-state index contributed by atoms with van der Waals surface area (Å²) in [5, 5.41) is 4.37. The Bertz CT molecular complexity index is 118. The van der Waals surface area contributed by atoms with E-state index < -0.39 is 0 Å². The Balaban J connectivity index is -0.000000414. The van der Waals surface area contributed by atoms with E-state index in [0.717, 1.165) is 15.2 Å². The van der Waals surface area contributed by atoms with Crippen molar-refractivity contribution in [2.24, 2.45) is 0 Å². The van der Waals surface area contributed by atoms with Crippen LogP contribution >= 0.6 is 12.4 Å². The predicted molar refractivity (Wildman–Crippen MR) is 104 cm³/mol. The number of halogens is 1. The minimum absolute atomic E-state index is 0. The van der Waals surface area contributed by atoms with Gasteiger partial charge in [0.15, 0.2) is 15.2 Å². The number of hydrogen-bond donors (Lipinski definition) is 0. The first-order valence-electron chi connectivity index (χ1n) is 9.14. The van der Waals surface area contributed by atoms with Gasteiger partial charge >= 0.3 is 0 Å². The quantitative estimate of drug-likeness (QED) is 0.272. The number of rotatable bonds is 13. The molecule has 0 aromatic rings. The Hall–Kier alpha value is 1.35. The van der Waals surface area contributed by atoms with Gasteiger partial charge in [0.25, 0.3) is 0 Å². The van der Waals surface area contributed by atoms with E-state index in [0.29, 0.717) is 0 Å². The van der Waals surface area contributed by atoms with Crippen LogP contribution in [0.5, 0.6) is 0 Å². The van der Waals surface area contributed by atoms with Gasteiger partial charge in [0.1, 0.15) is 0 Å². The molecule has 0 bridgehead atoms. The Kier molecular flexibility index (Phi) is 37.4. The van der Waals surface area contributed by atoms with E-state index in [1.54, 1.807) is 0 Å². The maximum Gasteiger partial charge on any atom is 0.211 e. The van der Waals surface area contributed by atoms with Crippen LogP contribution in [0, 0.1) is 0 Å². The standard InChI is InChI=1S/C13H27.2C2H5.2Al.ClH.2H/c1-3-5-7-9-11-13-12-10-8-6-4-2;2*1-2;;;;;/h1,3-13H2,2H3;2*1H2,2H3;;;1H;;. The Morgan fingerprint density at radius 2 is 0.950 bits per heavy atom. The average Bonchev–Trinajstić information content (AvgIpc) is 2.43. The monoisotopic (exact) mass is 333 g/mol. The zero-order valence-electron chi connectivity index (χ0n) is 14.9. The fraction of sp³-hybridized carbons (Fsp3) is 1.00. The van der Waals surface area contributed by atoms with Gasteiger partial charge in [0.05, 0.1) is 0 Å². The van der Waals surface area contributed by atoms with Crippen LogP contribution in [0.3, 0.4) is 0 Å². The molecule has 0 aliphatic rings. The second-order valence-corrected chi connectivity index (χ2v) is 8.85. The van der Waals surface area contributed by atoms with Crippen LogP contribution < -0.4 is 0 Å². The lowest BCUT2D eigenvalue weighted by Gasteiger charge is -2.01. The summed E-state index contributed by atoms with van der Waals surface area (Å²) in [6, 6.07) is 0. The summed E-state index contributed by atoms with van der Waals surface area (Å²) < 4.78 is 0. The van der Waals surface area contributed by atoms with Crippen molar-refractivity contribution in [3.8, 4) is 0 Å². The van der Waals surface area contributed by atoms with Crippen LogP contribution in [-0.4, -0.2) is 31.5 Å². The highest BCUT2D eigenvalue weighted by atomic mass is 35.5. The first-order chi connectivity index (χ1) is 9.33. The molecule has 0 fully saturated rings. The van der Waals surface area contributed by atoms with Crippen LogP contribution in [0.2, 0.25) is 15.8 Å². The van der Waals surface area contributed by atoms with E-state index in [-0.39, 0.29) is 12.4 Å². The lowest BCUT2D eigenvalue weighted by atomic mass is 10.1. The Labute approximate surface area is 150 Å². The van der Waals surface area contributed by atoms with Crippen LogP contribution in [0.1, 0.15) is 91.4 Å². The lowest BCUT2D eigenvalue weighted by Crippen LogP contribution is -1.81. The van der Waals surface area contributed by atoms with Crippen LogP contribution in [0.4, 0.5) is 0 Å². The van der Waals surface area contributed by atoms with Crippen molar-refractivity contribution < 1.29 is 0 Å². The van der Waals surface area contributed by atoms with E-state index >= 15 is 0 Å². The van der Waals surface area contributed by atoms with Crippen molar-refractivity contribution in [1.29, 1.82) is 0 Å². The molecule has 0 aliphatic heterocycles. The van der Waals surface area contributed by atoms with Crippen molar-refractivity contribution in [3.05, 3.63) is 0 Å². The van der Waals surface area contributed by atoms with Crippen molar-refractivity contribution in [3.63, 3.8) is 0 Å². The van der Waals surface area contributed by atoms with Crippen LogP contribution in [0.15, 0.2) is 0 Å². The van der Waals surface area contributed by atoms with E-state index in [1.165, 1.54) is 103 Å². The number of unbranched alkanes of at least 4 members (excludes halogenated alkanes) is 10. The molecule has 0 N–H and O–H groups in total. The van der Waals surface area contributed by atoms with Gasteiger partial charge < -0.3 is 0 Å². The average molecular weight is 334 g/mol. The predicted octanol–water partition coefficient (Wildman–Crippen LogP) is 6.34. The first-order valence-corrected chi connectivity index (χ1v) is 12.2. The molecule has 0 aromatic carbocycles. The zero-order valence-corrected chi connectivity index (χ0v) is 18.9. The van der Waals surface area contributed by atoms with E-state index in [4.69, 9.17) is 0 Å². The molecular weight excluding hydrogens is 294 g/mol. The van der Waals surface area contributed by atoms with E-state index in [2.05, 4.69) is 20.8 Å².